The van der Waals surface area contributed by atoms with E-state index in [1.807, 2.05) is 4.90 Å². The molecule has 2 aliphatic rings. The number of thioether (sulfide) groups is 1. The molecule has 0 radical (unpaired) electrons. The Labute approximate surface area is 206 Å². The summed E-state index contributed by atoms with van der Waals surface area (Å²) in [6.45, 7) is 14.2. The van der Waals surface area contributed by atoms with Crippen LogP contribution in [0.4, 0.5) is 5.82 Å². The fourth-order valence-corrected chi connectivity index (χ4v) is 5.16. The van der Waals surface area contributed by atoms with Gasteiger partial charge in [0.2, 0.25) is 11.8 Å². The second-order valence-electron chi connectivity index (χ2n) is 10.1. The number of nitrogens with one attached hydrogen (secondary N) is 1. The molecule has 0 aromatic carbocycles. The van der Waals surface area contributed by atoms with Crippen LogP contribution < -0.4 is 10.2 Å². The van der Waals surface area contributed by atoms with Crippen LogP contribution in [0.15, 0.2) is 11.2 Å². The normalized spacial score (nSPS) is 19.7. The summed E-state index contributed by atoms with van der Waals surface area (Å²) in [6, 6.07) is 1.83. The van der Waals surface area contributed by atoms with Crippen LogP contribution >= 0.6 is 23.4 Å². The van der Waals surface area contributed by atoms with Gasteiger partial charge in [-0.2, -0.15) is 0 Å². The van der Waals surface area contributed by atoms with Gasteiger partial charge in [0.25, 0.3) is 0 Å². The lowest BCUT2D eigenvalue weighted by Gasteiger charge is -2.41. The van der Waals surface area contributed by atoms with Crippen molar-refractivity contribution in [1.29, 1.82) is 0 Å². The number of likely N-dealkylation sites (tertiary alicyclic amines) is 1. The van der Waals surface area contributed by atoms with E-state index in [4.69, 9.17) is 11.6 Å². The summed E-state index contributed by atoms with van der Waals surface area (Å²) in [5, 5.41) is 3.82. The van der Waals surface area contributed by atoms with Gasteiger partial charge in [-0.25, -0.2) is 9.97 Å². The molecule has 10 heteroatoms. The van der Waals surface area contributed by atoms with Crippen LogP contribution in [-0.2, 0) is 9.59 Å². The van der Waals surface area contributed by atoms with Gasteiger partial charge in [-0.3, -0.25) is 9.59 Å². The smallest absolute Gasteiger partial charge is 0.230 e. The van der Waals surface area contributed by atoms with Crippen LogP contribution in [0.5, 0.6) is 0 Å². The lowest BCUT2D eigenvalue weighted by Crippen LogP contribution is -2.54. The van der Waals surface area contributed by atoms with Crippen molar-refractivity contribution < 1.29 is 9.59 Å². The molecule has 1 N–H and O–H groups in total. The Morgan fingerprint density at radius 1 is 1.18 bits per heavy atom. The summed E-state index contributed by atoms with van der Waals surface area (Å²) in [7, 11) is 0. The fourth-order valence-electron chi connectivity index (χ4n) is 4.24. The maximum atomic E-state index is 12.7. The Bertz CT molecular complexity index is 828. The van der Waals surface area contributed by atoms with E-state index in [0.29, 0.717) is 42.9 Å². The highest BCUT2D eigenvalue weighted by Gasteiger charge is 2.30. The molecule has 0 spiro atoms. The molecular formula is C23H37ClN6O2S. The number of carbonyl (C=O) groups is 2. The molecule has 3 heterocycles. The number of aromatic nitrogens is 2. The highest BCUT2D eigenvalue weighted by molar-refractivity contribution is 7.99. The van der Waals surface area contributed by atoms with Crippen molar-refractivity contribution in [3.05, 3.63) is 11.2 Å². The van der Waals surface area contributed by atoms with Crippen molar-refractivity contribution in [1.82, 2.24) is 25.1 Å². The minimum absolute atomic E-state index is 0.0241. The standard InChI is InChI=1S/C23H37ClN6O2S/c1-17-15-29(11-12-30(17)21(32)14-23(2,3)4)19-13-18(24)26-22(27-19)33-16-20(31)25-7-10-28-8-5-6-9-28/h13,17H,5-12,14-16H2,1-4H3,(H,25,31). The third kappa shape index (κ3) is 8.30. The van der Waals surface area contributed by atoms with Crippen LogP contribution in [-0.4, -0.2) is 89.2 Å². The van der Waals surface area contributed by atoms with Gasteiger partial charge in [0.15, 0.2) is 5.16 Å². The highest BCUT2D eigenvalue weighted by atomic mass is 35.5. The Morgan fingerprint density at radius 3 is 2.58 bits per heavy atom. The zero-order valence-corrected chi connectivity index (χ0v) is 21.8. The van der Waals surface area contributed by atoms with Gasteiger partial charge < -0.3 is 20.0 Å². The molecule has 0 saturated carbocycles. The first-order valence-electron chi connectivity index (χ1n) is 11.8. The van der Waals surface area contributed by atoms with Crippen molar-refractivity contribution >= 4 is 41.0 Å². The zero-order valence-electron chi connectivity index (χ0n) is 20.3. The molecule has 184 valence electrons. The quantitative estimate of drug-likeness (QED) is 0.336. The maximum Gasteiger partial charge on any atom is 0.230 e. The minimum Gasteiger partial charge on any atom is -0.354 e. The Morgan fingerprint density at radius 2 is 1.91 bits per heavy atom. The third-order valence-electron chi connectivity index (χ3n) is 5.90. The van der Waals surface area contributed by atoms with Crippen LogP contribution in [0.25, 0.3) is 0 Å². The largest absolute Gasteiger partial charge is 0.354 e. The average Bonchev–Trinajstić information content (AvgIpc) is 3.24. The molecule has 2 amide bonds. The number of hydrogen-bond acceptors (Lipinski definition) is 7. The van der Waals surface area contributed by atoms with Crippen molar-refractivity contribution in [2.75, 3.05) is 56.5 Å². The van der Waals surface area contributed by atoms with E-state index >= 15 is 0 Å². The third-order valence-corrected chi connectivity index (χ3v) is 6.94. The molecule has 0 aliphatic carbocycles. The van der Waals surface area contributed by atoms with Gasteiger partial charge in [0, 0.05) is 51.3 Å². The van der Waals surface area contributed by atoms with Gasteiger partial charge >= 0.3 is 0 Å². The fraction of sp³-hybridized carbons (Fsp3) is 0.739. The topological polar surface area (TPSA) is 81.7 Å². The number of nitrogens with zero attached hydrogens (tertiary/aromatic N) is 5. The molecule has 1 unspecified atom stereocenters. The van der Waals surface area contributed by atoms with Crippen LogP contribution in [0.3, 0.4) is 0 Å². The first-order valence-corrected chi connectivity index (χ1v) is 13.2. The minimum atomic E-state index is -0.0271. The van der Waals surface area contributed by atoms with Gasteiger partial charge in [-0.15, -0.1) is 0 Å². The number of piperazine rings is 1. The maximum absolute atomic E-state index is 12.7. The van der Waals surface area contributed by atoms with E-state index in [2.05, 4.69) is 52.8 Å². The van der Waals surface area contributed by atoms with Gasteiger partial charge in [-0.05, 0) is 38.3 Å². The predicted octanol–water partition coefficient (Wildman–Crippen LogP) is 2.91. The Kier molecular flexibility index (Phi) is 9.24. The first kappa shape index (κ1) is 26.0. The summed E-state index contributed by atoms with van der Waals surface area (Å²) >= 11 is 7.56. The molecule has 2 saturated heterocycles. The number of halogens is 1. The summed E-state index contributed by atoms with van der Waals surface area (Å²) in [5.41, 5.74) is -0.0271. The van der Waals surface area contributed by atoms with Crippen molar-refractivity contribution in [3.8, 4) is 0 Å². The zero-order chi connectivity index (χ0) is 24.0. The number of rotatable bonds is 8. The molecule has 2 fully saturated rings. The average molecular weight is 497 g/mol. The Balaban J connectivity index is 1.50. The lowest BCUT2D eigenvalue weighted by molar-refractivity contribution is -0.135. The molecule has 33 heavy (non-hydrogen) atoms. The van der Waals surface area contributed by atoms with Crippen LogP contribution in [0, 0.1) is 5.41 Å². The Hall–Kier alpha value is -1.58. The number of hydrogen-bond donors (Lipinski definition) is 1. The van der Waals surface area contributed by atoms with E-state index in [9.17, 15) is 9.59 Å². The number of anilines is 1. The second kappa shape index (κ2) is 11.7. The molecule has 0 bridgehead atoms. The van der Waals surface area contributed by atoms with Gasteiger partial charge in [-0.1, -0.05) is 44.1 Å². The molecule has 2 aliphatic heterocycles. The monoisotopic (exact) mass is 496 g/mol. The van der Waals surface area contributed by atoms with E-state index in [-0.39, 0.29) is 29.0 Å². The van der Waals surface area contributed by atoms with Gasteiger partial charge in [0.05, 0.1) is 5.75 Å². The summed E-state index contributed by atoms with van der Waals surface area (Å²) in [4.78, 5) is 40.3. The molecule has 8 nitrogen and oxygen atoms in total. The van der Waals surface area contributed by atoms with E-state index in [1.165, 1.54) is 24.6 Å². The molecule has 3 rings (SSSR count). The van der Waals surface area contributed by atoms with E-state index < -0.39 is 0 Å². The second-order valence-corrected chi connectivity index (χ2v) is 11.5. The van der Waals surface area contributed by atoms with Crippen molar-refractivity contribution in [3.63, 3.8) is 0 Å². The number of carbonyl (C=O) groups excluding carboxylic acids is 2. The SMILES string of the molecule is CC1CN(c2cc(Cl)nc(SCC(=O)NCCN3CCCC3)n2)CCN1C(=O)CC(C)(C)C. The highest BCUT2D eigenvalue weighted by Crippen LogP contribution is 2.26. The summed E-state index contributed by atoms with van der Waals surface area (Å²) in [5.74, 6) is 1.17. The first-order chi connectivity index (χ1) is 15.6. The predicted molar refractivity (Wildman–Crippen MR) is 134 cm³/mol. The van der Waals surface area contributed by atoms with Crippen molar-refractivity contribution in [2.24, 2.45) is 5.41 Å². The summed E-state index contributed by atoms with van der Waals surface area (Å²) in [6.07, 6.45) is 3.04. The summed E-state index contributed by atoms with van der Waals surface area (Å²) < 4.78 is 0. The molecule has 1 aromatic rings. The van der Waals surface area contributed by atoms with Crippen LogP contribution in [0.2, 0.25) is 5.15 Å². The van der Waals surface area contributed by atoms with Crippen molar-refractivity contribution in [2.45, 2.75) is 58.2 Å². The van der Waals surface area contributed by atoms with E-state index in [1.54, 1.807) is 6.07 Å². The van der Waals surface area contributed by atoms with Gasteiger partial charge in [0.1, 0.15) is 11.0 Å². The van der Waals surface area contributed by atoms with Crippen LogP contribution in [0.1, 0.15) is 47.0 Å². The molecular weight excluding hydrogens is 460 g/mol. The van der Waals surface area contributed by atoms with E-state index in [0.717, 1.165) is 25.5 Å². The molecule has 1 atom stereocenters. The lowest BCUT2D eigenvalue weighted by atomic mass is 9.91. The number of amides is 2. The molecule has 1 aromatic heterocycles.